The predicted octanol–water partition coefficient (Wildman–Crippen LogP) is 4.01. The van der Waals surface area contributed by atoms with Crippen LogP contribution in [0, 0.1) is 20.8 Å². The van der Waals surface area contributed by atoms with Crippen LogP contribution in [-0.4, -0.2) is 25.2 Å². The van der Waals surface area contributed by atoms with E-state index in [2.05, 4.69) is 5.32 Å². The largest absolute Gasteiger partial charge is 0.489 e. The molecule has 0 aliphatic carbocycles. The zero-order chi connectivity index (χ0) is 17.1. The highest BCUT2D eigenvalue weighted by Crippen LogP contribution is 2.28. The minimum absolute atomic E-state index is 0.132. The topological polar surface area (TPSA) is 60.7 Å². The summed E-state index contributed by atoms with van der Waals surface area (Å²) in [6.07, 6.45) is 2.22. The molecule has 1 atom stereocenters. The fraction of sp³-hybridized carbons (Fsp3) is 0.421. The molecule has 2 heterocycles. The van der Waals surface area contributed by atoms with Crippen LogP contribution in [-0.2, 0) is 4.74 Å². The third kappa shape index (κ3) is 3.79. The number of ether oxygens (including phenoxy) is 2. The van der Waals surface area contributed by atoms with Gasteiger partial charge in [0.05, 0.1) is 17.4 Å². The lowest BCUT2D eigenvalue weighted by Crippen LogP contribution is -2.18. The van der Waals surface area contributed by atoms with E-state index in [1.807, 2.05) is 32.0 Å². The monoisotopic (exact) mass is 329 g/mol. The summed E-state index contributed by atoms with van der Waals surface area (Å²) in [7, 11) is 0. The number of furan rings is 1. The second-order valence-corrected chi connectivity index (χ2v) is 6.23. The van der Waals surface area contributed by atoms with Crippen molar-refractivity contribution < 1.29 is 18.7 Å². The molecule has 5 nitrogen and oxygen atoms in total. The summed E-state index contributed by atoms with van der Waals surface area (Å²) in [6.45, 7) is 6.90. The molecule has 0 spiro atoms. The van der Waals surface area contributed by atoms with Crippen molar-refractivity contribution >= 4 is 11.6 Å². The van der Waals surface area contributed by atoms with Gasteiger partial charge in [0.1, 0.15) is 23.9 Å². The van der Waals surface area contributed by atoms with Crippen LogP contribution in [0.1, 0.15) is 40.3 Å². The second-order valence-electron chi connectivity index (χ2n) is 6.23. The van der Waals surface area contributed by atoms with Crippen molar-refractivity contribution in [2.24, 2.45) is 0 Å². The van der Waals surface area contributed by atoms with Crippen molar-refractivity contribution in [2.75, 3.05) is 18.5 Å². The van der Waals surface area contributed by atoms with Gasteiger partial charge in [-0.1, -0.05) is 6.07 Å². The number of carbonyl (C=O) groups is 1. The molecule has 1 fully saturated rings. The first-order valence-corrected chi connectivity index (χ1v) is 8.26. The number of anilines is 1. The van der Waals surface area contributed by atoms with Gasteiger partial charge < -0.3 is 19.2 Å². The number of hydrogen-bond acceptors (Lipinski definition) is 4. The summed E-state index contributed by atoms with van der Waals surface area (Å²) < 4.78 is 16.9. The molecule has 1 N–H and O–H groups in total. The van der Waals surface area contributed by atoms with Gasteiger partial charge in [0.15, 0.2) is 0 Å². The predicted molar refractivity (Wildman–Crippen MR) is 91.8 cm³/mol. The van der Waals surface area contributed by atoms with Crippen molar-refractivity contribution in [3.05, 3.63) is 46.9 Å². The summed E-state index contributed by atoms with van der Waals surface area (Å²) in [5, 5.41) is 2.92. The van der Waals surface area contributed by atoms with Crippen molar-refractivity contribution in [3.63, 3.8) is 0 Å². The molecule has 1 saturated heterocycles. The number of carbonyl (C=O) groups excluding carboxylic acids is 1. The smallest absolute Gasteiger partial charge is 0.259 e. The molecule has 0 radical (unpaired) electrons. The molecular formula is C19H23NO4. The van der Waals surface area contributed by atoms with E-state index in [1.54, 1.807) is 13.0 Å². The van der Waals surface area contributed by atoms with Crippen molar-refractivity contribution in [1.29, 1.82) is 0 Å². The summed E-state index contributed by atoms with van der Waals surface area (Å²) in [5.74, 6) is 1.79. The van der Waals surface area contributed by atoms with Gasteiger partial charge in [-0.3, -0.25) is 4.79 Å². The SMILES string of the molecule is Cc1ccc(NC(=O)c2cc(C)oc2C)c(OCC2CCCO2)c1. The maximum Gasteiger partial charge on any atom is 0.259 e. The molecule has 1 aliphatic rings. The minimum atomic E-state index is -0.199. The molecule has 1 aliphatic heterocycles. The standard InChI is InChI=1S/C19H23NO4/c1-12-6-7-17(18(9-12)23-11-15-5-4-8-22-15)20-19(21)16-10-13(2)24-14(16)3/h6-7,9-10,15H,4-5,8,11H2,1-3H3,(H,20,21). The van der Waals surface area contributed by atoms with Crippen LogP contribution < -0.4 is 10.1 Å². The van der Waals surface area contributed by atoms with Gasteiger partial charge in [-0.25, -0.2) is 0 Å². The van der Waals surface area contributed by atoms with E-state index in [1.165, 1.54) is 0 Å². The van der Waals surface area contributed by atoms with Gasteiger partial charge in [0.25, 0.3) is 5.91 Å². The molecule has 0 saturated carbocycles. The van der Waals surface area contributed by atoms with Crippen molar-refractivity contribution in [1.82, 2.24) is 0 Å². The molecule has 24 heavy (non-hydrogen) atoms. The third-order valence-corrected chi connectivity index (χ3v) is 4.12. The number of benzene rings is 1. The van der Waals surface area contributed by atoms with Crippen LogP contribution >= 0.6 is 0 Å². The third-order valence-electron chi connectivity index (χ3n) is 4.12. The van der Waals surface area contributed by atoms with Gasteiger partial charge in [0, 0.05) is 6.61 Å². The summed E-state index contributed by atoms with van der Waals surface area (Å²) in [4.78, 5) is 12.5. The molecule has 1 aromatic carbocycles. The molecule has 1 unspecified atom stereocenters. The van der Waals surface area contributed by atoms with Crippen LogP contribution in [0.3, 0.4) is 0 Å². The van der Waals surface area contributed by atoms with Gasteiger partial charge in [0.2, 0.25) is 0 Å². The molecule has 128 valence electrons. The lowest BCUT2D eigenvalue weighted by molar-refractivity contribution is 0.0681. The Kier molecular flexibility index (Phi) is 4.90. The van der Waals surface area contributed by atoms with Crippen LogP contribution in [0.5, 0.6) is 5.75 Å². The molecule has 0 bridgehead atoms. The summed E-state index contributed by atoms with van der Waals surface area (Å²) >= 11 is 0. The Morgan fingerprint density at radius 2 is 2.12 bits per heavy atom. The van der Waals surface area contributed by atoms with E-state index in [4.69, 9.17) is 13.9 Å². The highest BCUT2D eigenvalue weighted by atomic mass is 16.5. The van der Waals surface area contributed by atoms with Crippen LogP contribution in [0.15, 0.2) is 28.7 Å². The Bertz CT molecular complexity index is 729. The minimum Gasteiger partial charge on any atom is -0.489 e. The second kappa shape index (κ2) is 7.09. The summed E-state index contributed by atoms with van der Waals surface area (Å²) in [5.41, 5.74) is 2.27. The van der Waals surface area contributed by atoms with Gasteiger partial charge in [-0.15, -0.1) is 0 Å². The van der Waals surface area contributed by atoms with E-state index in [9.17, 15) is 4.79 Å². The zero-order valence-electron chi connectivity index (χ0n) is 14.3. The maximum atomic E-state index is 12.5. The first-order valence-electron chi connectivity index (χ1n) is 8.26. The highest BCUT2D eigenvalue weighted by Gasteiger charge is 2.19. The van der Waals surface area contributed by atoms with Crippen LogP contribution in [0.2, 0.25) is 0 Å². The number of hydrogen-bond donors (Lipinski definition) is 1. The Hall–Kier alpha value is -2.27. The molecule has 5 heteroatoms. The van der Waals surface area contributed by atoms with Crippen molar-refractivity contribution in [2.45, 2.75) is 39.7 Å². The Morgan fingerprint density at radius 1 is 1.29 bits per heavy atom. The van der Waals surface area contributed by atoms with E-state index in [0.717, 1.165) is 30.8 Å². The molecule has 1 amide bonds. The number of rotatable bonds is 5. The van der Waals surface area contributed by atoms with Gasteiger partial charge in [-0.2, -0.15) is 0 Å². The zero-order valence-corrected chi connectivity index (χ0v) is 14.3. The summed E-state index contributed by atoms with van der Waals surface area (Å²) in [6, 6.07) is 7.48. The number of nitrogens with one attached hydrogen (secondary N) is 1. The number of amides is 1. The Morgan fingerprint density at radius 3 is 2.79 bits per heavy atom. The van der Waals surface area contributed by atoms with E-state index < -0.39 is 0 Å². The average Bonchev–Trinajstić information content (AvgIpc) is 3.16. The maximum absolute atomic E-state index is 12.5. The van der Waals surface area contributed by atoms with Crippen molar-refractivity contribution in [3.8, 4) is 5.75 Å². The van der Waals surface area contributed by atoms with E-state index >= 15 is 0 Å². The van der Waals surface area contributed by atoms with Crippen LogP contribution in [0.4, 0.5) is 5.69 Å². The lowest BCUT2D eigenvalue weighted by Gasteiger charge is -2.16. The average molecular weight is 329 g/mol. The fourth-order valence-corrected chi connectivity index (χ4v) is 2.86. The first kappa shape index (κ1) is 16.6. The molecule has 2 aromatic rings. The fourth-order valence-electron chi connectivity index (χ4n) is 2.86. The van der Waals surface area contributed by atoms with Gasteiger partial charge >= 0.3 is 0 Å². The van der Waals surface area contributed by atoms with Crippen LogP contribution in [0.25, 0.3) is 0 Å². The van der Waals surface area contributed by atoms with Gasteiger partial charge in [-0.05, 0) is 57.4 Å². The molecule has 3 rings (SSSR count). The van der Waals surface area contributed by atoms with E-state index in [-0.39, 0.29) is 12.0 Å². The number of aryl methyl sites for hydroxylation is 3. The quantitative estimate of drug-likeness (QED) is 0.900. The Balaban J connectivity index is 1.74. The highest BCUT2D eigenvalue weighted by molar-refractivity contribution is 6.05. The normalized spacial score (nSPS) is 17.0. The lowest BCUT2D eigenvalue weighted by atomic mass is 10.2. The first-order chi connectivity index (χ1) is 11.5. The Labute approximate surface area is 141 Å². The molecule has 1 aromatic heterocycles. The van der Waals surface area contributed by atoms with E-state index in [0.29, 0.717) is 29.4 Å². The molecular weight excluding hydrogens is 306 g/mol.